The summed E-state index contributed by atoms with van der Waals surface area (Å²) < 4.78 is 0. The van der Waals surface area contributed by atoms with Crippen LogP contribution in [0.15, 0.2) is 85.1 Å². The van der Waals surface area contributed by atoms with Crippen molar-refractivity contribution in [2.75, 3.05) is 0 Å². The summed E-state index contributed by atoms with van der Waals surface area (Å²) in [4.78, 5) is 14.0. The average molecular weight is 323 g/mol. The van der Waals surface area contributed by atoms with Crippen LogP contribution in [0.4, 0.5) is 0 Å². The van der Waals surface area contributed by atoms with Crippen LogP contribution in [-0.4, -0.2) is 15.0 Å². The normalized spacial score (nSPS) is 10.6. The van der Waals surface area contributed by atoms with Gasteiger partial charge in [-0.3, -0.25) is 4.98 Å². The van der Waals surface area contributed by atoms with E-state index in [1.807, 2.05) is 79.9 Å². The molecule has 0 fully saturated rings. The molecule has 0 saturated carbocycles. The van der Waals surface area contributed by atoms with Crippen LogP contribution in [-0.2, 0) is 0 Å². The van der Waals surface area contributed by atoms with Crippen molar-refractivity contribution in [1.82, 2.24) is 15.0 Å². The van der Waals surface area contributed by atoms with Gasteiger partial charge in [0.2, 0.25) is 0 Å². The lowest BCUT2D eigenvalue weighted by atomic mass is 10.1. The van der Waals surface area contributed by atoms with Gasteiger partial charge in [-0.05, 0) is 42.8 Å². The first kappa shape index (κ1) is 15.2. The minimum atomic E-state index is 0.845. The fraction of sp³-hybridized carbons (Fsp3) is 0.0455. The maximum atomic E-state index is 4.78. The van der Waals surface area contributed by atoms with Crippen LogP contribution in [0.1, 0.15) is 5.56 Å². The van der Waals surface area contributed by atoms with E-state index in [-0.39, 0.29) is 0 Å². The first-order valence-corrected chi connectivity index (χ1v) is 8.22. The number of benzene rings is 1. The molecule has 0 aliphatic rings. The molecule has 3 nitrogen and oxygen atoms in total. The number of aromatic nitrogens is 3. The number of nitrogens with zero attached hydrogens (tertiary/aromatic N) is 3. The molecule has 0 spiro atoms. The Labute approximate surface area is 147 Å². The summed E-state index contributed by atoms with van der Waals surface area (Å²) in [5.41, 5.74) is 6.60. The standard InChI is InChI=1S/C22H17N3/c1-16-13-14-19(23-15-16)20-10-6-12-22(25-20)21-11-5-9-18(24-21)17-7-3-2-4-8-17/h2-15H,1H3. The number of hydrogen-bond acceptors (Lipinski definition) is 3. The van der Waals surface area contributed by atoms with Crippen molar-refractivity contribution in [3.05, 3.63) is 90.6 Å². The molecule has 0 atom stereocenters. The van der Waals surface area contributed by atoms with Gasteiger partial charge in [-0.2, -0.15) is 0 Å². The van der Waals surface area contributed by atoms with Gasteiger partial charge in [0.25, 0.3) is 0 Å². The Morgan fingerprint density at radius 2 is 1.12 bits per heavy atom. The molecule has 3 aromatic heterocycles. The molecule has 3 heterocycles. The highest BCUT2D eigenvalue weighted by Crippen LogP contribution is 2.23. The largest absolute Gasteiger partial charge is 0.254 e. The van der Waals surface area contributed by atoms with Crippen LogP contribution in [0.25, 0.3) is 34.0 Å². The van der Waals surface area contributed by atoms with Crippen molar-refractivity contribution in [3.8, 4) is 34.0 Å². The first-order valence-electron chi connectivity index (χ1n) is 8.22. The second kappa shape index (κ2) is 6.65. The molecule has 1 aromatic carbocycles. The van der Waals surface area contributed by atoms with E-state index in [2.05, 4.69) is 17.1 Å². The van der Waals surface area contributed by atoms with Gasteiger partial charge in [0.1, 0.15) is 0 Å². The van der Waals surface area contributed by atoms with Crippen LogP contribution < -0.4 is 0 Å². The van der Waals surface area contributed by atoms with Gasteiger partial charge in [-0.15, -0.1) is 0 Å². The third-order valence-corrected chi connectivity index (χ3v) is 4.00. The molecule has 25 heavy (non-hydrogen) atoms. The van der Waals surface area contributed by atoms with Gasteiger partial charge in [-0.1, -0.05) is 48.5 Å². The zero-order chi connectivity index (χ0) is 17.1. The SMILES string of the molecule is Cc1ccc(-c2cccc(-c3cccc(-c4ccccc4)n3)n2)nc1. The van der Waals surface area contributed by atoms with Crippen LogP contribution in [0.5, 0.6) is 0 Å². The number of hydrogen-bond donors (Lipinski definition) is 0. The van der Waals surface area contributed by atoms with Crippen molar-refractivity contribution in [2.24, 2.45) is 0 Å². The predicted molar refractivity (Wildman–Crippen MR) is 101 cm³/mol. The molecule has 4 rings (SSSR count). The summed E-state index contributed by atoms with van der Waals surface area (Å²) in [7, 11) is 0. The summed E-state index contributed by atoms with van der Waals surface area (Å²) in [6.07, 6.45) is 1.86. The molecule has 0 N–H and O–H groups in total. The summed E-state index contributed by atoms with van der Waals surface area (Å²) in [6.45, 7) is 2.03. The molecule has 0 bridgehead atoms. The quantitative estimate of drug-likeness (QED) is 0.521. The van der Waals surface area contributed by atoms with Crippen LogP contribution >= 0.6 is 0 Å². The molecule has 4 aromatic rings. The first-order chi connectivity index (χ1) is 12.3. The second-order valence-corrected chi connectivity index (χ2v) is 5.90. The summed E-state index contributed by atoms with van der Waals surface area (Å²) in [5, 5.41) is 0. The summed E-state index contributed by atoms with van der Waals surface area (Å²) >= 11 is 0. The molecular weight excluding hydrogens is 306 g/mol. The monoisotopic (exact) mass is 323 g/mol. The molecule has 120 valence electrons. The fourth-order valence-electron chi connectivity index (χ4n) is 2.69. The number of aryl methyl sites for hydroxylation is 1. The molecular formula is C22H17N3. The lowest BCUT2D eigenvalue weighted by molar-refractivity contribution is 1.21. The second-order valence-electron chi connectivity index (χ2n) is 5.90. The Hall–Kier alpha value is -3.33. The Kier molecular flexibility index (Phi) is 4.05. The maximum Gasteiger partial charge on any atom is 0.0894 e. The maximum absolute atomic E-state index is 4.78. The molecule has 0 unspecified atom stereocenters. The topological polar surface area (TPSA) is 38.7 Å². The van der Waals surface area contributed by atoms with Crippen molar-refractivity contribution >= 4 is 0 Å². The number of rotatable bonds is 3. The summed E-state index contributed by atoms with van der Waals surface area (Å²) in [5.74, 6) is 0. The van der Waals surface area contributed by atoms with Crippen molar-refractivity contribution < 1.29 is 0 Å². The molecule has 3 heteroatoms. The van der Waals surface area contributed by atoms with E-state index >= 15 is 0 Å². The highest BCUT2D eigenvalue weighted by atomic mass is 14.8. The van der Waals surface area contributed by atoms with Crippen molar-refractivity contribution in [3.63, 3.8) is 0 Å². The predicted octanol–water partition coefficient (Wildman–Crippen LogP) is 5.18. The minimum absolute atomic E-state index is 0.845. The highest BCUT2D eigenvalue weighted by molar-refractivity contribution is 5.66. The molecule has 0 aliphatic heterocycles. The molecule has 0 saturated heterocycles. The Balaban J connectivity index is 1.73. The summed E-state index contributed by atoms with van der Waals surface area (Å²) in [6, 6.07) is 26.2. The Morgan fingerprint density at radius 1 is 0.520 bits per heavy atom. The van der Waals surface area contributed by atoms with Gasteiger partial charge in [0.05, 0.1) is 28.5 Å². The zero-order valence-electron chi connectivity index (χ0n) is 13.9. The van der Waals surface area contributed by atoms with E-state index in [0.29, 0.717) is 0 Å². The van der Waals surface area contributed by atoms with Gasteiger partial charge in [0, 0.05) is 11.8 Å². The van der Waals surface area contributed by atoms with Gasteiger partial charge >= 0.3 is 0 Å². The highest BCUT2D eigenvalue weighted by Gasteiger charge is 2.07. The van der Waals surface area contributed by atoms with E-state index in [1.54, 1.807) is 0 Å². The van der Waals surface area contributed by atoms with Gasteiger partial charge < -0.3 is 0 Å². The smallest absolute Gasteiger partial charge is 0.0894 e. The fourth-order valence-corrected chi connectivity index (χ4v) is 2.69. The molecule has 0 aliphatic carbocycles. The van der Waals surface area contributed by atoms with Crippen molar-refractivity contribution in [2.45, 2.75) is 6.92 Å². The van der Waals surface area contributed by atoms with Gasteiger partial charge in [-0.25, -0.2) is 9.97 Å². The molecule has 0 amide bonds. The number of pyridine rings is 3. The van der Waals surface area contributed by atoms with Crippen LogP contribution in [0.3, 0.4) is 0 Å². The van der Waals surface area contributed by atoms with E-state index in [4.69, 9.17) is 9.97 Å². The van der Waals surface area contributed by atoms with E-state index in [0.717, 1.165) is 39.6 Å². The minimum Gasteiger partial charge on any atom is -0.254 e. The molecule has 0 radical (unpaired) electrons. The Morgan fingerprint density at radius 3 is 1.76 bits per heavy atom. The van der Waals surface area contributed by atoms with E-state index in [9.17, 15) is 0 Å². The lowest BCUT2D eigenvalue weighted by Gasteiger charge is -2.06. The van der Waals surface area contributed by atoms with E-state index in [1.165, 1.54) is 0 Å². The third kappa shape index (κ3) is 3.31. The van der Waals surface area contributed by atoms with Crippen LogP contribution in [0, 0.1) is 6.92 Å². The van der Waals surface area contributed by atoms with E-state index < -0.39 is 0 Å². The van der Waals surface area contributed by atoms with Crippen molar-refractivity contribution in [1.29, 1.82) is 0 Å². The average Bonchev–Trinajstić information content (AvgIpc) is 2.69. The zero-order valence-corrected chi connectivity index (χ0v) is 13.9. The van der Waals surface area contributed by atoms with Crippen LogP contribution in [0.2, 0.25) is 0 Å². The Bertz CT molecular complexity index is 993. The van der Waals surface area contributed by atoms with Gasteiger partial charge in [0.15, 0.2) is 0 Å². The lowest BCUT2D eigenvalue weighted by Crippen LogP contribution is -1.93. The third-order valence-electron chi connectivity index (χ3n) is 4.00.